The molecule has 0 fully saturated rings. The highest BCUT2D eigenvalue weighted by Gasteiger charge is 1.95. The van der Waals surface area contributed by atoms with Crippen molar-refractivity contribution in [3.05, 3.63) is 29.2 Å². The average molecular weight is 222 g/mol. The Bertz CT molecular complexity index is 265. The van der Waals surface area contributed by atoms with Gasteiger partial charge in [-0.25, -0.2) is 0 Å². The number of aliphatic hydroxyl groups excluding tert-OH is 1. The van der Waals surface area contributed by atoms with Crippen LogP contribution in [-0.4, -0.2) is 5.11 Å². The summed E-state index contributed by atoms with van der Waals surface area (Å²) in [5.41, 5.74) is 5.39. The molecule has 0 amide bonds. The van der Waals surface area contributed by atoms with E-state index < -0.39 is 0 Å². The summed E-state index contributed by atoms with van der Waals surface area (Å²) >= 11 is 0. The summed E-state index contributed by atoms with van der Waals surface area (Å²) < 4.78 is 0. The lowest BCUT2D eigenvalue weighted by molar-refractivity contribution is 0.474. The third kappa shape index (κ3) is 9.61. The van der Waals surface area contributed by atoms with Gasteiger partial charge in [0.25, 0.3) is 0 Å². The van der Waals surface area contributed by atoms with Crippen LogP contribution in [0.2, 0.25) is 0 Å². The predicted octanol–water partition coefficient (Wildman–Crippen LogP) is 5.16. The molecule has 0 rings (SSSR count). The molecule has 0 aliphatic heterocycles. The minimum atomic E-state index is 0.813. The largest absolute Gasteiger partial charge is 0.507 e. The topological polar surface area (TPSA) is 20.2 Å². The van der Waals surface area contributed by atoms with Crippen LogP contribution in [0.1, 0.15) is 59.8 Å². The number of aliphatic hydroxyl groups is 1. The highest BCUT2D eigenvalue weighted by atomic mass is 16.2. The Labute approximate surface area is 101 Å². The van der Waals surface area contributed by atoms with Crippen LogP contribution in [0, 0.1) is 5.92 Å². The first-order valence-electron chi connectivity index (χ1n) is 6.26. The van der Waals surface area contributed by atoms with Crippen molar-refractivity contribution in [3.63, 3.8) is 0 Å². The molecule has 0 aliphatic rings. The molecule has 1 N–H and O–H groups in total. The Balaban J connectivity index is 3.75. The maximum atomic E-state index is 8.54. The second kappa shape index (κ2) is 9.30. The molecule has 0 aromatic carbocycles. The Morgan fingerprint density at radius 2 is 1.94 bits per heavy atom. The van der Waals surface area contributed by atoms with Crippen molar-refractivity contribution in [2.75, 3.05) is 0 Å². The highest BCUT2D eigenvalue weighted by Crippen LogP contribution is 2.13. The molecule has 92 valence electrons. The van der Waals surface area contributed by atoms with Crippen LogP contribution < -0.4 is 0 Å². The van der Waals surface area contributed by atoms with Gasteiger partial charge in [-0.1, -0.05) is 37.6 Å². The monoisotopic (exact) mass is 222 g/mol. The van der Waals surface area contributed by atoms with E-state index in [0.29, 0.717) is 0 Å². The summed E-state index contributed by atoms with van der Waals surface area (Å²) in [7, 11) is 0. The van der Waals surface area contributed by atoms with Crippen molar-refractivity contribution < 1.29 is 5.11 Å². The molecular formula is C15H26O. The highest BCUT2D eigenvalue weighted by molar-refractivity contribution is 5.02. The van der Waals surface area contributed by atoms with Crippen LogP contribution in [0.15, 0.2) is 29.2 Å². The minimum absolute atomic E-state index is 0.813. The van der Waals surface area contributed by atoms with Gasteiger partial charge in [0.15, 0.2) is 0 Å². The lowest BCUT2D eigenvalue weighted by atomic mass is 10.0. The fourth-order valence-corrected chi connectivity index (χ4v) is 1.61. The van der Waals surface area contributed by atoms with Crippen molar-refractivity contribution in [3.8, 4) is 0 Å². The fraction of sp³-hybridized carbons (Fsp3) is 0.667. The SMILES string of the molecule is CC(=C=CO)CC/C=C(\C)CCCC(C)C. The third-order valence-electron chi connectivity index (χ3n) is 2.68. The normalized spacial score (nSPS) is 11.4. The Morgan fingerprint density at radius 1 is 1.25 bits per heavy atom. The van der Waals surface area contributed by atoms with Gasteiger partial charge in [-0.15, -0.1) is 0 Å². The van der Waals surface area contributed by atoms with E-state index in [1.807, 2.05) is 6.92 Å². The van der Waals surface area contributed by atoms with E-state index in [-0.39, 0.29) is 0 Å². The zero-order valence-corrected chi connectivity index (χ0v) is 11.2. The molecule has 0 unspecified atom stereocenters. The standard InChI is InChI=1S/C15H26O/c1-13(2)7-5-8-14(3)9-6-10-15(4)11-12-16/h9,12-13,16H,5-8,10H2,1-4H3/b14-9+. The zero-order chi connectivity index (χ0) is 12.4. The van der Waals surface area contributed by atoms with E-state index >= 15 is 0 Å². The van der Waals surface area contributed by atoms with Crippen LogP contribution in [0.4, 0.5) is 0 Å². The molecule has 0 radical (unpaired) electrons. The van der Waals surface area contributed by atoms with Crippen LogP contribution in [0.5, 0.6) is 0 Å². The maximum Gasteiger partial charge on any atom is 0.121 e. The average Bonchev–Trinajstić information content (AvgIpc) is 2.17. The van der Waals surface area contributed by atoms with E-state index in [2.05, 4.69) is 32.6 Å². The summed E-state index contributed by atoms with van der Waals surface area (Å²) in [6.07, 6.45) is 9.18. The smallest absolute Gasteiger partial charge is 0.121 e. The van der Waals surface area contributed by atoms with Crippen molar-refractivity contribution in [1.82, 2.24) is 0 Å². The molecule has 0 aliphatic carbocycles. The summed E-state index contributed by atoms with van der Waals surface area (Å²) in [6.45, 7) is 8.75. The van der Waals surface area contributed by atoms with Crippen molar-refractivity contribution in [2.24, 2.45) is 5.92 Å². The third-order valence-corrected chi connectivity index (χ3v) is 2.68. The molecule has 1 nitrogen and oxygen atoms in total. The van der Waals surface area contributed by atoms with Gasteiger partial charge in [-0.05, 0) is 51.0 Å². The van der Waals surface area contributed by atoms with Gasteiger partial charge in [0, 0.05) is 0 Å². The van der Waals surface area contributed by atoms with Crippen LogP contribution in [0.3, 0.4) is 0 Å². The Hall–Kier alpha value is -0.940. The first-order chi connectivity index (χ1) is 7.56. The van der Waals surface area contributed by atoms with Gasteiger partial charge >= 0.3 is 0 Å². The van der Waals surface area contributed by atoms with Crippen LogP contribution in [-0.2, 0) is 0 Å². The number of hydrogen-bond donors (Lipinski definition) is 1. The number of allylic oxidation sites excluding steroid dienone is 3. The lowest BCUT2D eigenvalue weighted by Gasteiger charge is -2.04. The van der Waals surface area contributed by atoms with Crippen LogP contribution >= 0.6 is 0 Å². The van der Waals surface area contributed by atoms with Gasteiger partial charge in [-0.3, -0.25) is 0 Å². The summed E-state index contributed by atoms with van der Waals surface area (Å²) in [5, 5.41) is 8.54. The summed E-state index contributed by atoms with van der Waals surface area (Å²) in [6, 6.07) is 0. The Kier molecular flexibility index (Phi) is 8.75. The molecule has 0 saturated carbocycles. The van der Waals surface area contributed by atoms with Crippen molar-refractivity contribution in [1.29, 1.82) is 0 Å². The lowest BCUT2D eigenvalue weighted by Crippen LogP contribution is -1.87. The molecule has 0 saturated heterocycles. The van der Waals surface area contributed by atoms with E-state index in [1.54, 1.807) is 0 Å². The van der Waals surface area contributed by atoms with Gasteiger partial charge in [-0.2, -0.15) is 0 Å². The molecule has 16 heavy (non-hydrogen) atoms. The first-order valence-corrected chi connectivity index (χ1v) is 6.26. The van der Waals surface area contributed by atoms with Gasteiger partial charge in [0.1, 0.15) is 6.26 Å². The molecular weight excluding hydrogens is 196 g/mol. The van der Waals surface area contributed by atoms with Crippen molar-refractivity contribution >= 4 is 0 Å². The zero-order valence-electron chi connectivity index (χ0n) is 11.2. The van der Waals surface area contributed by atoms with Gasteiger partial charge in [0.05, 0.1) is 0 Å². The maximum absolute atomic E-state index is 8.54. The number of hydrogen-bond acceptors (Lipinski definition) is 1. The van der Waals surface area contributed by atoms with E-state index in [4.69, 9.17) is 5.11 Å². The molecule has 0 aromatic heterocycles. The van der Waals surface area contributed by atoms with Crippen LogP contribution in [0.25, 0.3) is 0 Å². The minimum Gasteiger partial charge on any atom is -0.507 e. The van der Waals surface area contributed by atoms with E-state index in [9.17, 15) is 0 Å². The Morgan fingerprint density at radius 3 is 2.50 bits per heavy atom. The number of rotatable bonds is 7. The second-order valence-corrected chi connectivity index (χ2v) is 4.93. The predicted molar refractivity (Wildman–Crippen MR) is 71.6 cm³/mol. The summed E-state index contributed by atoms with van der Waals surface area (Å²) in [4.78, 5) is 0. The first kappa shape index (κ1) is 15.1. The van der Waals surface area contributed by atoms with E-state index in [0.717, 1.165) is 30.6 Å². The molecule has 0 atom stereocenters. The summed E-state index contributed by atoms with van der Waals surface area (Å²) in [5.74, 6) is 0.813. The van der Waals surface area contributed by atoms with Gasteiger partial charge in [0.2, 0.25) is 0 Å². The van der Waals surface area contributed by atoms with Crippen molar-refractivity contribution in [2.45, 2.75) is 59.8 Å². The molecule has 1 heteroatoms. The molecule has 0 bridgehead atoms. The molecule has 0 spiro atoms. The molecule has 0 aromatic rings. The fourth-order valence-electron chi connectivity index (χ4n) is 1.61. The van der Waals surface area contributed by atoms with E-state index in [1.165, 1.54) is 24.8 Å². The quantitative estimate of drug-likeness (QED) is 0.358. The molecule has 0 heterocycles. The second-order valence-electron chi connectivity index (χ2n) is 4.93. The van der Waals surface area contributed by atoms with Gasteiger partial charge < -0.3 is 5.11 Å².